The van der Waals surface area contributed by atoms with E-state index in [-0.39, 0.29) is 35.0 Å². The lowest BCUT2D eigenvalue weighted by molar-refractivity contribution is 0.0682. The summed E-state index contributed by atoms with van der Waals surface area (Å²) in [6.07, 6.45) is 1.84. The van der Waals surface area contributed by atoms with Crippen LogP contribution in [-0.2, 0) is 0 Å². The van der Waals surface area contributed by atoms with Crippen LogP contribution >= 0.6 is 0 Å². The van der Waals surface area contributed by atoms with Crippen LogP contribution in [0.25, 0.3) is 0 Å². The van der Waals surface area contributed by atoms with Crippen LogP contribution in [0.1, 0.15) is 45.9 Å². The molecule has 1 fully saturated rings. The first-order valence-electron chi connectivity index (χ1n) is 7.35. The first kappa shape index (κ1) is 15.3. The van der Waals surface area contributed by atoms with E-state index >= 15 is 0 Å². The minimum atomic E-state index is -1.15. The smallest absolute Gasteiger partial charge is 0.338 e. The molecule has 1 saturated heterocycles. The lowest BCUT2D eigenvalue weighted by atomic mass is 9.95. The van der Waals surface area contributed by atoms with Crippen LogP contribution in [0, 0.1) is 11.7 Å². The number of halogens is 1. The molecule has 0 radical (unpaired) electrons. The van der Waals surface area contributed by atoms with Gasteiger partial charge in [0.15, 0.2) is 5.76 Å². The Morgan fingerprint density at radius 1 is 1.35 bits per heavy atom. The van der Waals surface area contributed by atoms with E-state index in [1.165, 1.54) is 18.2 Å². The highest BCUT2D eigenvalue weighted by molar-refractivity contribution is 5.95. The summed E-state index contributed by atoms with van der Waals surface area (Å²) in [4.78, 5) is 25.2. The third-order valence-electron chi connectivity index (χ3n) is 4.21. The van der Waals surface area contributed by atoms with Gasteiger partial charge in [-0.3, -0.25) is 4.79 Å². The number of hydrogen-bond acceptors (Lipinski definition) is 3. The van der Waals surface area contributed by atoms with E-state index < -0.39 is 5.97 Å². The highest BCUT2D eigenvalue weighted by Crippen LogP contribution is 2.38. The number of aromatic carboxylic acids is 1. The van der Waals surface area contributed by atoms with Gasteiger partial charge in [0, 0.05) is 12.6 Å². The molecule has 2 atom stereocenters. The van der Waals surface area contributed by atoms with Gasteiger partial charge >= 0.3 is 5.97 Å². The van der Waals surface area contributed by atoms with Crippen LogP contribution in [0.4, 0.5) is 4.39 Å². The minimum Gasteiger partial charge on any atom is -0.478 e. The Balaban J connectivity index is 1.90. The molecule has 120 valence electrons. The number of carboxylic acid groups (broad SMARTS) is 1. The van der Waals surface area contributed by atoms with Gasteiger partial charge in [-0.05, 0) is 30.0 Å². The summed E-state index contributed by atoms with van der Waals surface area (Å²) >= 11 is 0. The monoisotopic (exact) mass is 317 g/mol. The van der Waals surface area contributed by atoms with Crippen molar-refractivity contribution in [2.24, 2.45) is 5.92 Å². The van der Waals surface area contributed by atoms with Crippen molar-refractivity contribution in [3.63, 3.8) is 0 Å². The van der Waals surface area contributed by atoms with Gasteiger partial charge in [-0.1, -0.05) is 19.1 Å². The van der Waals surface area contributed by atoms with Crippen LogP contribution in [0.2, 0.25) is 0 Å². The van der Waals surface area contributed by atoms with E-state index in [0.29, 0.717) is 6.54 Å². The van der Waals surface area contributed by atoms with E-state index in [2.05, 4.69) is 0 Å². The van der Waals surface area contributed by atoms with Gasteiger partial charge in [0.1, 0.15) is 12.1 Å². The molecule has 1 amide bonds. The van der Waals surface area contributed by atoms with Crippen LogP contribution in [0.5, 0.6) is 0 Å². The Morgan fingerprint density at radius 3 is 2.78 bits per heavy atom. The predicted molar refractivity (Wildman–Crippen MR) is 79.6 cm³/mol. The van der Waals surface area contributed by atoms with E-state index in [4.69, 9.17) is 9.52 Å². The van der Waals surface area contributed by atoms with E-state index in [9.17, 15) is 14.0 Å². The van der Waals surface area contributed by atoms with Gasteiger partial charge in [0.05, 0.1) is 11.6 Å². The number of rotatable bonds is 3. The molecule has 1 aromatic carbocycles. The fraction of sp³-hybridized carbons (Fsp3) is 0.294. The molecular formula is C17H16FNO4. The Morgan fingerprint density at radius 2 is 2.13 bits per heavy atom. The molecule has 1 N–H and O–H groups in total. The summed E-state index contributed by atoms with van der Waals surface area (Å²) in [5, 5.41) is 8.92. The fourth-order valence-corrected chi connectivity index (χ4v) is 3.08. The maximum absolute atomic E-state index is 13.5. The van der Waals surface area contributed by atoms with Crippen molar-refractivity contribution in [3.8, 4) is 0 Å². The van der Waals surface area contributed by atoms with Crippen molar-refractivity contribution in [2.45, 2.75) is 19.4 Å². The molecule has 1 aliphatic rings. The van der Waals surface area contributed by atoms with Gasteiger partial charge in [0.2, 0.25) is 0 Å². The van der Waals surface area contributed by atoms with Crippen LogP contribution in [0.15, 0.2) is 41.0 Å². The Hall–Kier alpha value is -2.63. The van der Waals surface area contributed by atoms with Crippen molar-refractivity contribution in [3.05, 3.63) is 59.3 Å². The lowest BCUT2D eigenvalue weighted by Crippen LogP contribution is -2.31. The third kappa shape index (κ3) is 2.84. The van der Waals surface area contributed by atoms with Gasteiger partial charge in [0.25, 0.3) is 5.91 Å². The quantitative estimate of drug-likeness (QED) is 0.942. The van der Waals surface area contributed by atoms with Gasteiger partial charge in [-0.25, -0.2) is 9.18 Å². The fourth-order valence-electron chi connectivity index (χ4n) is 3.08. The van der Waals surface area contributed by atoms with Gasteiger partial charge in [-0.15, -0.1) is 0 Å². The molecular weight excluding hydrogens is 301 g/mol. The van der Waals surface area contributed by atoms with Crippen LogP contribution in [-0.4, -0.2) is 28.4 Å². The first-order chi connectivity index (χ1) is 11.0. The average molecular weight is 317 g/mol. The summed E-state index contributed by atoms with van der Waals surface area (Å²) in [6.45, 7) is 2.53. The van der Waals surface area contributed by atoms with Gasteiger partial charge < -0.3 is 14.4 Å². The third-order valence-corrected chi connectivity index (χ3v) is 4.21. The normalized spacial score (nSPS) is 20.7. The molecule has 1 aromatic heterocycles. The first-order valence-corrected chi connectivity index (χ1v) is 7.35. The molecule has 0 aliphatic carbocycles. The SMILES string of the molecule is CC1CCN(C(=O)c2cc(C(=O)O)co2)C1c1cccc(F)c1. The van der Waals surface area contributed by atoms with E-state index in [1.54, 1.807) is 17.0 Å². The van der Waals surface area contributed by atoms with E-state index in [1.807, 2.05) is 6.92 Å². The Labute approximate surface area is 132 Å². The van der Waals surface area contributed by atoms with Crippen LogP contribution in [0.3, 0.4) is 0 Å². The van der Waals surface area contributed by atoms with Crippen LogP contribution < -0.4 is 0 Å². The van der Waals surface area contributed by atoms with Crippen molar-refractivity contribution in [1.82, 2.24) is 4.90 Å². The van der Waals surface area contributed by atoms with Gasteiger partial charge in [-0.2, -0.15) is 0 Å². The Bertz CT molecular complexity index is 755. The number of carbonyl (C=O) groups excluding carboxylic acids is 1. The highest BCUT2D eigenvalue weighted by Gasteiger charge is 2.37. The summed E-state index contributed by atoms with van der Waals surface area (Å²) in [6, 6.07) is 7.17. The number of benzene rings is 1. The molecule has 2 heterocycles. The number of carboxylic acids is 1. The number of furan rings is 1. The number of likely N-dealkylation sites (tertiary alicyclic amines) is 1. The minimum absolute atomic E-state index is 0.0158. The maximum atomic E-state index is 13.5. The molecule has 1 aliphatic heterocycles. The molecule has 2 aromatic rings. The second kappa shape index (κ2) is 5.87. The summed E-state index contributed by atoms with van der Waals surface area (Å²) < 4.78 is 18.6. The summed E-state index contributed by atoms with van der Waals surface area (Å²) in [5.74, 6) is -1.71. The number of hydrogen-bond donors (Lipinski definition) is 1. The summed E-state index contributed by atoms with van der Waals surface area (Å²) in [5.41, 5.74) is 0.663. The van der Waals surface area contributed by atoms with Crippen molar-refractivity contribution in [1.29, 1.82) is 0 Å². The van der Waals surface area contributed by atoms with E-state index in [0.717, 1.165) is 18.2 Å². The zero-order valence-corrected chi connectivity index (χ0v) is 12.5. The number of carbonyl (C=O) groups is 2. The second-order valence-corrected chi connectivity index (χ2v) is 5.77. The molecule has 3 rings (SSSR count). The molecule has 6 heteroatoms. The maximum Gasteiger partial charge on any atom is 0.338 e. The number of amides is 1. The molecule has 5 nitrogen and oxygen atoms in total. The molecule has 23 heavy (non-hydrogen) atoms. The average Bonchev–Trinajstić information content (AvgIpc) is 3.13. The topological polar surface area (TPSA) is 70.8 Å². The highest BCUT2D eigenvalue weighted by atomic mass is 19.1. The molecule has 0 saturated carbocycles. The van der Waals surface area contributed by atoms with Crippen molar-refractivity contribution >= 4 is 11.9 Å². The van der Waals surface area contributed by atoms with Crippen molar-refractivity contribution < 1.29 is 23.5 Å². The van der Waals surface area contributed by atoms with Crippen molar-refractivity contribution in [2.75, 3.05) is 6.54 Å². The second-order valence-electron chi connectivity index (χ2n) is 5.77. The standard InChI is InChI=1S/C17H16FNO4/c1-10-5-6-19(15(10)11-3-2-4-13(18)7-11)16(20)14-8-12(9-23-14)17(21)22/h2-4,7-10,15H,5-6H2,1H3,(H,21,22). The zero-order valence-electron chi connectivity index (χ0n) is 12.5. The molecule has 2 unspecified atom stereocenters. The largest absolute Gasteiger partial charge is 0.478 e. The Kier molecular flexibility index (Phi) is 3.90. The lowest BCUT2D eigenvalue weighted by Gasteiger charge is -2.26. The molecule has 0 bridgehead atoms. The zero-order chi connectivity index (χ0) is 16.6. The summed E-state index contributed by atoms with van der Waals surface area (Å²) in [7, 11) is 0. The predicted octanol–water partition coefficient (Wildman–Crippen LogP) is 3.34. The molecule has 0 spiro atoms. The number of nitrogens with zero attached hydrogens (tertiary/aromatic N) is 1.